The predicted molar refractivity (Wildman–Crippen MR) is 402 cm³/mol. The van der Waals surface area contributed by atoms with Crippen LogP contribution in [0.4, 0.5) is 39.5 Å². The number of nitrogens with zero attached hydrogens (tertiary/aromatic N) is 11. The number of aromatic nitrogens is 8. The molecule has 3 atom stereocenters. The number of nitrogens with two attached hydrogens (primary N) is 1. The Morgan fingerprint density at radius 3 is 1.25 bits per heavy atom. The highest BCUT2D eigenvalue weighted by atomic mass is 79.9. The zero-order valence-electron chi connectivity index (χ0n) is 60.1. The number of sulfonamides is 2. The van der Waals surface area contributed by atoms with E-state index in [1.165, 1.54) is 58.1 Å². The van der Waals surface area contributed by atoms with Crippen LogP contribution < -0.4 is 27.5 Å². The maximum atomic E-state index is 13.3. The Morgan fingerprint density at radius 2 is 0.884 bits per heavy atom. The van der Waals surface area contributed by atoms with Crippen molar-refractivity contribution in [2.75, 3.05) is 11.9 Å². The largest absolute Gasteiger partial charge is 0.416 e. The quantitative estimate of drug-likeness (QED) is 0.0285. The second kappa shape index (κ2) is 36.9. The molecular formula is C77H76BrF9N16O7S2. The molecule has 0 spiro atoms. The van der Waals surface area contributed by atoms with Gasteiger partial charge in [-0.2, -0.15) is 49.1 Å². The van der Waals surface area contributed by atoms with E-state index in [-0.39, 0.29) is 52.5 Å². The maximum absolute atomic E-state index is 13.3. The number of alkyl halides is 10. The number of carbonyl (C=O) groups is 3. The minimum absolute atomic E-state index is 0.00746. The molecule has 8 aromatic carbocycles. The van der Waals surface area contributed by atoms with Gasteiger partial charge < -0.3 is 11.1 Å². The van der Waals surface area contributed by atoms with Crippen molar-refractivity contribution < 1.29 is 70.7 Å². The monoisotopic (exact) mass is 1650 g/mol. The van der Waals surface area contributed by atoms with E-state index in [1.54, 1.807) is 54.6 Å². The van der Waals surface area contributed by atoms with Gasteiger partial charge in [0.05, 0.1) is 57.7 Å². The molecule has 588 valence electrons. The summed E-state index contributed by atoms with van der Waals surface area (Å²) in [4.78, 5) is 38.6. The number of benzene rings is 8. The van der Waals surface area contributed by atoms with E-state index < -0.39 is 67.2 Å². The van der Waals surface area contributed by atoms with Crippen LogP contribution in [0.1, 0.15) is 105 Å². The lowest BCUT2D eigenvalue weighted by atomic mass is 9.98. The van der Waals surface area contributed by atoms with E-state index in [9.17, 15) is 70.7 Å². The Hall–Kier alpha value is -11.0. The SMILES string of the molecule is C=CCN.Cc1ccc(S(=O)(=O)N2C(=O)CCC2CBr)cc1.Cc1ccc(S(=O)(=O)N2C(=O)CCC2Cn2nnc(-c3ccccc3Cc3ccc(C(F)(F)F)cc3)n2)cc1.FC(F)(F)c1ccc(Cc2ccccc2C2=NNNN2)cc1.O=C1CCC(Cn2nnc(-c3ccccc3Cc3ccc(C(F)(F)F)cc3)n2)N1. The standard InChI is InChI=1S/C27H24F3N5O3S.C20H18F3N5O.C15H13F3N4.C12H14BrNO3S.C3H7N/c1-18-6-13-23(14-7-18)39(37,38)35-22(12-15-25(35)36)17-34-32-26(31-33-34)24-5-3-2-4-20(24)16-19-8-10-21(11-9-19)27(28,29)30;21-20(22,23)15-7-5-13(6-8-15)11-14-3-1-2-4-17(14)19-25-27-28(26-19)12-16-9-10-18(29)24-16;16-15(17,18)12-7-5-10(6-8-12)9-11-3-1-2-4-13(11)14-19-21-22-20-14;1-9-2-5-11(6-3-9)18(16,17)14-10(8-13)4-7-12(14)15;1-2-3-4/h2-11,13-14,22H,12,15-17H2,1H3;1-8,16H,9-12H2,(H,24,29);1-8,21-22H,9H2,(H,19,20);2-3,5-6,10H,4,7-8H2,1H3;2H,1,3-4H2. The molecule has 10 aromatic rings. The van der Waals surface area contributed by atoms with Crippen LogP contribution in [0.3, 0.4) is 0 Å². The highest BCUT2D eigenvalue weighted by molar-refractivity contribution is 9.09. The van der Waals surface area contributed by atoms with Crippen molar-refractivity contribution in [1.29, 1.82) is 0 Å². The van der Waals surface area contributed by atoms with E-state index in [1.807, 2.05) is 74.5 Å². The Bertz CT molecular complexity index is 5170. The van der Waals surface area contributed by atoms with Crippen molar-refractivity contribution in [1.82, 2.24) is 70.8 Å². The molecule has 4 aliphatic heterocycles. The van der Waals surface area contributed by atoms with Gasteiger partial charge in [0.25, 0.3) is 20.0 Å². The fourth-order valence-electron chi connectivity index (χ4n) is 12.2. The van der Waals surface area contributed by atoms with Crippen molar-refractivity contribution in [2.24, 2.45) is 10.8 Å². The molecule has 3 saturated heterocycles. The molecule has 0 saturated carbocycles. The third-order valence-electron chi connectivity index (χ3n) is 18.0. The number of tetrazole rings is 2. The number of halogens is 10. The average Bonchev–Trinajstić information content (AvgIpc) is 1.62. The summed E-state index contributed by atoms with van der Waals surface area (Å²) in [6, 6.07) is 49.5. The van der Waals surface area contributed by atoms with Crippen molar-refractivity contribution in [3.05, 3.63) is 274 Å². The number of amidine groups is 1. The fourth-order valence-corrected chi connectivity index (χ4v) is 16.3. The highest BCUT2D eigenvalue weighted by Crippen LogP contribution is 2.35. The first-order chi connectivity index (χ1) is 53.3. The van der Waals surface area contributed by atoms with Crippen LogP contribution in [0.15, 0.2) is 222 Å². The third-order valence-corrected chi connectivity index (χ3v) is 22.5. The van der Waals surface area contributed by atoms with Crippen LogP contribution in [0.5, 0.6) is 0 Å². The zero-order valence-corrected chi connectivity index (χ0v) is 63.4. The average molecular weight is 1650 g/mol. The van der Waals surface area contributed by atoms with Crippen LogP contribution >= 0.6 is 15.9 Å². The van der Waals surface area contributed by atoms with Gasteiger partial charge in [0.2, 0.25) is 29.4 Å². The van der Waals surface area contributed by atoms with E-state index in [4.69, 9.17) is 5.73 Å². The number of hydrogen-bond acceptors (Lipinski definition) is 18. The Kier molecular flexibility index (Phi) is 27.5. The summed E-state index contributed by atoms with van der Waals surface area (Å²) in [5.74, 6) is 0.592. The van der Waals surface area contributed by atoms with Gasteiger partial charge >= 0.3 is 18.5 Å². The van der Waals surface area contributed by atoms with Gasteiger partial charge in [0, 0.05) is 47.8 Å². The molecule has 3 amide bonds. The minimum Gasteiger partial charge on any atom is -0.351 e. The van der Waals surface area contributed by atoms with Gasteiger partial charge in [-0.05, 0) is 157 Å². The number of hydrazone groups is 1. The predicted octanol–water partition coefficient (Wildman–Crippen LogP) is 12.6. The highest BCUT2D eigenvalue weighted by Gasteiger charge is 2.42. The molecule has 3 unspecified atom stereocenters. The minimum atomic E-state index is -4.40. The first kappa shape index (κ1) is 83.5. The fraction of sp³-hybridized carbons (Fsp3) is 0.273. The number of hydrazine groups is 2. The molecule has 0 bridgehead atoms. The number of rotatable bonds is 19. The first-order valence-electron chi connectivity index (χ1n) is 34.9. The van der Waals surface area contributed by atoms with Crippen molar-refractivity contribution in [3.8, 4) is 22.8 Å². The number of amides is 3. The van der Waals surface area contributed by atoms with E-state index in [0.717, 1.165) is 102 Å². The summed E-state index contributed by atoms with van der Waals surface area (Å²) < 4.78 is 168. The summed E-state index contributed by atoms with van der Waals surface area (Å²) in [5, 5.41) is 32.6. The number of hydrogen-bond donors (Lipinski definition) is 5. The number of aryl methyl sites for hydroxylation is 2. The van der Waals surface area contributed by atoms with Crippen LogP contribution in [0, 0.1) is 13.8 Å². The van der Waals surface area contributed by atoms with Crippen LogP contribution in [-0.2, 0) is 85.3 Å². The van der Waals surface area contributed by atoms with Gasteiger partial charge in [0.15, 0.2) is 5.84 Å². The molecule has 2 aromatic heterocycles. The summed E-state index contributed by atoms with van der Waals surface area (Å²) in [7, 11) is -7.76. The molecule has 0 radical (unpaired) electrons. The molecule has 112 heavy (non-hydrogen) atoms. The topological polar surface area (TPSA) is 300 Å². The van der Waals surface area contributed by atoms with Crippen LogP contribution in [-0.4, -0.2) is 119 Å². The summed E-state index contributed by atoms with van der Waals surface area (Å²) in [6.07, 6.45) is -7.57. The van der Waals surface area contributed by atoms with E-state index in [2.05, 4.69) is 80.2 Å². The number of carbonyl (C=O) groups excluding carboxylic acids is 3. The molecule has 4 aliphatic rings. The molecule has 6 N–H and O–H groups in total. The smallest absolute Gasteiger partial charge is 0.351 e. The van der Waals surface area contributed by atoms with Gasteiger partial charge in [-0.1, -0.05) is 167 Å². The van der Waals surface area contributed by atoms with E-state index in [0.29, 0.717) is 86.2 Å². The first-order valence-corrected chi connectivity index (χ1v) is 38.9. The zero-order chi connectivity index (χ0) is 80.5. The summed E-state index contributed by atoms with van der Waals surface area (Å²) in [6.45, 7) is 8.15. The third kappa shape index (κ3) is 21.8. The van der Waals surface area contributed by atoms with Crippen LogP contribution in [0.25, 0.3) is 22.8 Å². The molecule has 6 heterocycles. The summed E-state index contributed by atoms with van der Waals surface area (Å²) >= 11 is 3.26. The van der Waals surface area contributed by atoms with Crippen molar-refractivity contribution in [3.63, 3.8) is 0 Å². The van der Waals surface area contributed by atoms with Crippen molar-refractivity contribution >= 4 is 59.5 Å². The molecular weight excluding hydrogens is 1580 g/mol. The second-order valence-electron chi connectivity index (χ2n) is 26.1. The summed E-state index contributed by atoms with van der Waals surface area (Å²) in [5.41, 5.74) is 20.1. The lowest BCUT2D eigenvalue weighted by Crippen LogP contribution is -2.41. The van der Waals surface area contributed by atoms with Crippen molar-refractivity contribution in [2.45, 2.75) is 131 Å². The lowest BCUT2D eigenvalue weighted by Gasteiger charge is -2.23. The Labute approximate surface area is 647 Å². The van der Waals surface area contributed by atoms with Crippen LogP contribution in [0.2, 0.25) is 0 Å². The number of nitrogens with one attached hydrogen (secondary N) is 4. The maximum Gasteiger partial charge on any atom is 0.416 e. The Morgan fingerprint density at radius 1 is 0.509 bits per heavy atom. The molecule has 35 heteroatoms. The molecule has 3 fully saturated rings. The van der Waals surface area contributed by atoms with Gasteiger partial charge in [0.1, 0.15) is 0 Å². The molecule has 0 aliphatic carbocycles. The molecule has 23 nitrogen and oxygen atoms in total. The second-order valence-corrected chi connectivity index (χ2v) is 30.4. The van der Waals surface area contributed by atoms with Gasteiger partial charge in [-0.25, -0.2) is 31.0 Å². The van der Waals surface area contributed by atoms with Gasteiger partial charge in [-0.15, -0.1) is 37.6 Å². The Balaban J connectivity index is 0.000000162. The normalized spacial score (nSPS) is 16.3. The van der Waals surface area contributed by atoms with E-state index >= 15 is 0 Å². The molecule has 14 rings (SSSR count). The lowest BCUT2D eigenvalue weighted by molar-refractivity contribution is -0.138. The van der Waals surface area contributed by atoms with Gasteiger partial charge in [-0.3, -0.25) is 19.8 Å².